The summed E-state index contributed by atoms with van der Waals surface area (Å²) in [6.07, 6.45) is 0. The lowest BCUT2D eigenvalue weighted by molar-refractivity contribution is 1.76. The molecule has 0 aliphatic carbocycles. The Kier molecular flexibility index (Phi) is 2.63. The number of rotatable bonds is 1. The van der Waals surface area contributed by atoms with E-state index in [0.29, 0.717) is 0 Å². The Hall–Kier alpha value is -2.16. The zero-order valence-corrected chi connectivity index (χ0v) is 13.5. The van der Waals surface area contributed by atoms with Gasteiger partial charge in [-0.1, -0.05) is 42.5 Å². The number of fused-ring (bicyclic) bond motifs is 5. The van der Waals surface area contributed by atoms with Crippen molar-refractivity contribution in [3.05, 3.63) is 78.9 Å². The van der Waals surface area contributed by atoms with Crippen molar-refractivity contribution in [2.75, 3.05) is 0 Å². The molecule has 104 valence electrons. The van der Waals surface area contributed by atoms with E-state index in [-0.39, 0.29) is 10.5 Å². The highest BCUT2D eigenvalue weighted by Crippen LogP contribution is 2.53. The number of thiophene rings is 2. The molecule has 0 saturated heterocycles. The average molecular weight is 317 g/mol. The van der Waals surface area contributed by atoms with Crippen LogP contribution in [0, 0.1) is 0 Å². The third-order valence-corrected chi connectivity index (χ3v) is 7.79. The number of hydrogen-bond donors (Lipinski definition) is 0. The van der Waals surface area contributed by atoms with Crippen molar-refractivity contribution in [1.82, 2.24) is 0 Å². The molecule has 1 unspecified atom stereocenters. The van der Waals surface area contributed by atoms with E-state index < -0.39 is 0 Å². The summed E-state index contributed by atoms with van der Waals surface area (Å²) >= 11 is 1.93. The van der Waals surface area contributed by atoms with E-state index in [0.717, 1.165) is 0 Å². The lowest BCUT2D eigenvalue weighted by Crippen LogP contribution is -1.69. The molecule has 0 nitrogen and oxygen atoms in total. The van der Waals surface area contributed by atoms with Crippen LogP contribution in [-0.4, -0.2) is 0 Å². The third kappa shape index (κ3) is 1.62. The number of hydrogen-bond acceptors (Lipinski definition) is 1. The molecule has 0 radical (unpaired) electrons. The van der Waals surface area contributed by atoms with Gasteiger partial charge in [-0.3, -0.25) is 0 Å². The predicted octanol–water partition coefficient (Wildman–Crippen LogP) is 6.95. The summed E-state index contributed by atoms with van der Waals surface area (Å²) < 4.78 is 5.85. The molecule has 0 N–H and O–H groups in total. The molecule has 0 saturated carbocycles. The van der Waals surface area contributed by atoms with Gasteiger partial charge >= 0.3 is 0 Å². The van der Waals surface area contributed by atoms with Crippen LogP contribution >= 0.6 is 21.8 Å². The van der Waals surface area contributed by atoms with Gasteiger partial charge in [0, 0.05) is 15.2 Å². The highest BCUT2D eigenvalue weighted by atomic mass is 32.2. The maximum Gasteiger partial charge on any atom is 0.206 e. The summed E-state index contributed by atoms with van der Waals surface area (Å²) in [6, 6.07) is 28.6. The predicted molar refractivity (Wildman–Crippen MR) is 101 cm³/mol. The summed E-state index contributed by atoms with van der Waals surface area (Å²) in [6.45, 7) is 0. The van der Waals surface area contributed by atoms with Crippen LogP contribution in [0.2, 0.25) is 0 Å². The minimum Gasteiger partial charge on any atom is -0.129 e. The fourth-order valence-electron chi connectivity index (χ4n) is 3.15. The molecule has 2 heterocycles. The normalized spacial score (nSPS) is 12.5. The molecular weight excluding hydrogens is 304 g/mol. The zero-order chi connectivity index (χ0) is 14.5. The Morgan fingerprint density at radius 1 is 0.636 bits per heavy atom. The van der Waals surface area contributed by atoms with E-state index in [2.05, 4.69) is 78.9 Å². The topological polar surface area (TPSA) is 0 Å². The molecule has 0 aliphatic rings. The van der Waals surface area contributed by atoms with Gasteiger partial charge in [-0.2, -0.15) is 0 Å². The van der Waals surface area contributed by atoms with Crippen LogP contribution in [0.25, 0.3) is 34.5 Å². The monoisotopic (exact) mass is 317 g/mol. The third-order valence-electron chi connectivity index (χ3n) is 4.08. The second kappa shape index (κ2) is 4.67. The van der Waals surface area contributed by atoms with Crippen LogP contribution in [0.3, 0.4) is 0 Å². The molecule has 5 aromatic rings. The maximum absolute atomic E-state index is 2.30. The largest absolute Gasteiger partial charge is 0.206 e. The SMILES string of the molecule is c1ccc(-[s+]2c3ccccc3c3sc4ccccc4c32)cc1. The molecule has 0 bridgehead atoms. The molecule has 0 aliphatic heterocycles. The number of benzene rings is 3. The van der Waals surface area contributed by atoms with E-state index in [1.54, 1.807) is 0 Å². The molecule has 5 rings (SSSR count). The summed E-state index contributed by atoms with van der Waals surface area (Å²) in [5.41, 5.74) is 0. The van der Waals surface area contributed by atoms with E-state index >= 15 is 0 Å². The summed E-state index contributed by atoms with van der Waals surface area (Å²) in [5, 5.41) is 2.84. The fraction of sp³-hybridized carbons (Fsp3) is 0. The van der Waals surface area contributed by atoms with Crippen LogP contribution in [0.4, 0.5) is 0 Å². The molecular formula is C20H13S2+. The van der Waals surface area contributed by atoms with E-state index in [1.165, 1.54) is 34.5 Å². The minimum atomic E-state index is 0.0264. The van der Waals surface area contributed by atoms with Crippen LogP contribution in [0.5, 0.6) is 0 Å². The fourth-order valence-corrected chi connectivity index (χ4v) is 7.22. The van der Waals surface area contributed by atoms with Gasteiger partial charge in [-0.05, 0) is 36.4 Å². The van der Waals surface area contributed by atoms with Crippen molar-refractivity contribution in [3.63, 3.8) is 0 Å². The Morgan fingerprint density at radius 2 is 1.32 bits per heavy atom. The van der Waals surface area contributed by atoms with E-state index in [4.69, 9.17) is 0 Å². The van der Waals surface area contributed by atoms with Crippen LogP contribution < -0.4 is 0 Å². The molecule has 0 fully saturated rings. The summed E-state index contributed by atoms with van der Waals surface area (Å²) in [7, 11) is 0.0264. The van der Waals surface area contributed by atoms with E-state index in [9.17, 15) is 0 Å². The molecule has 2 heteroatoms. The quantitative estimate of drug-likeness (QED) is 0.293. The van der Waals surface area contributed by atoms with Gasteiger partial charge in [0.25, 0.3) is 0 Å². The minimum absolute atomic E-state index is 0.0264. The van der Waals surface area contributed by atoms with Crippen molar-refractivity contribution < 1.29 is 0 Å². The van der Waals surface area contributed by atoms with Gasteiger partial charge < -0.3 is 0 Å². The lowest BCUT2D eigenvalue weighted by atomic mass is 10.2. The molecule has 1 atom stereocenters. The first-order valence-electron chi connectivity index (χ1n) is 7.34. The van der Waals surface area contributed by atoms with Crippen molar-refractivity contribution in [3.8, 4) is 4.90 Å². The summed E-state index contributed by atoms with van der Waals surface area (Å²) in [4.78, 5) is 1.41. The molecule has 22 heavy (non-hydrogen) atoms. The van der Waals surface area contributed by atoms with Gasteiger partial charge in [-0.15, -0.1) is 11.3 Å². The average Bonchev–Trinajstić information content (AvgIpc) is 3.10. The second-order valence-corrected chi connectivity index (χ2v) is 8.36. The Bertz CT molecular complexity index is 1110. The molecule has 2 aromatic heterocycles. The highest BCUT2D eigenvalue weighted by Gasteiger charge is 2.27. The lowest BCUT2D eigenvalue weighted by Gasteiger charge is -1.93. The first kappa shape index (κ1) is 12.4. The molecule has 0 amide bonds. The molecule has 0 spiro atoms. The van der Waals surface area contributed by atoms with E-state index in [1.807, 2.05) is 11.3 Å². The van der Waals surface area contributed by atoms with Gasteiger partial charge in [0.15, 0.2) is 9.60 Å². The highest BCUT2D eigenvalue weighted by molar-refractivity contribution is 7.53. The van der Waals surface area contributed by atoms with Crippen LogP contribution in [-0.2, 0) is 0 Å². The molecule has 3 aromatic carbocycles. The van der Waals surface area contributed by atoms with Crippen molar-refractivity contribution in [2.45, 2.75) is 0 Å². The van der Waals surface area contributed by atoms with Crippen molar-refractivity contribution in [1.29, 1.82) is 0 Å². The van der Waals surface area contributed by atoms with Gasteiger partial charge in [0.05, 0.1) is 10.8 Å². The Morgan fingerprint density at radius 3 is 2.18 bits per heavy atom. The first-order valence-corrected chi connectivity index (χ1v) is 9.38. The smallest absolute Gasteiger partial charge is 0.129 e. The van der Waals surface area contributed by atoms with Gasteiger partial charge in [0.2, 0.25) is 4.70 Å². The van der Waals surface area contributed by atoms with Crippen LogP contribution in [0.15, 0.2) is 78.9 Å². The van der Waals surface area contributed by atoms with Gasteiger partial charge in [-0.25, -0.2) is 0 Å². The van der Waals surface area contributed by atoms with Crippen molar-refractivity contribution >= 4 is 51.4 Å². The zero-order valence-electron chi connectivity index (χ0n) is 11.8. The van der Waals surface area contributed by atoms with Crippen molar-refractivity contribution in [2.24, 2.45) is 0 Å². The van der Waals surface area contributed by atoms with Crippen LogP contribution in [0.1, 0.15) is 0 Å². The van der Waals surface area contributed by atoms with Gasteiger partial charge in [0.1, 0.15) is 4.70 Å². The standard InChI is InChI=1S/C20H13S2/c1-2-8-14(9-3-1)22-18-13-7-5-11-16(18)19-20(22)15-10-4-6-12-17(15)21-19/h1-13H/q+1. The first-order chi connectivity index (χ1) is 10.9. The Balaban J connectivity index is 2.08. The summed E-state index contributed by atoms with van der Waals surface area (Å²) in [5.74, 6) is 0. The Labute approximate surface area is 135 Å². The maximum atomic E-state index is 2.30. The second-order valence-electron chi connectivity index (χ2n) is 5.37.